The largest absolute Gasteiger partial charge is 0.462 e. The zero-order chi connectivity index (χ0) is 33.8. The molecule has 0 saturated heterocycles. The van der Waals surface area contributed by atoms with E-state index in [-0.39, 0.29) is 25.2 Å². The van der Waals surface area contributed by atoms with Crippen molar-refractivity contribution in [3.63, 3.8) is 0 Å². The van der Waals surface area contributed by atoms with Gasteiger partial charge in [0.15, 0.2) is 6.10 Å². The maximum atomic E-state index is 12.1. The van der Waals surface area contributed by atoms with Gasteiger partial charge >= 0.3 is 11.9 Å². The van der Waals surface area contributed by atoms with Crippen LogP contribution >= 0.6 is 0 Å². The minimum atomic E-state index is -0.761. The first kappa shape index (κ1) is 44.9. The van der Waals surface area contributed by atoms with Crippen LogP contribution in [0.15, 0.2) is 0 Å². The molecule has 0 aromatic carbocycles. The number of carbonyl (C=O) groups excluding carboxylic acids is 2. The summed E-state index contributed by atoms with van der Waals surface area (Å²) in [6.07, 6.45) is 38.8. The number of esters is 2. The summed E-state index contributed by atoms with van der Waals surface area (Å²) in [5.41, 5.74) is 0. The number of aliphatic hydroxyl groups excluding tert-OH is 1. The van der Waals surface area contributed by atoms with E-state index >= 15 is 0 Å². The van der Waals surface area contributed by atoms with E-state index in [1.807, 2.05) is 0 Å². The summed E-state index contributed by atoms with van der Waals surface area (Å²) >= 11 is 0. The number of rotatable bonds is 37. The maximum absolute atomic E-state index is 12.1. The molecule has 0 aliphatic rings. The molecule has 274 valence electrons. The molecule has 0 unspecified atom stereocenters. The van der Waals surface area contributed by atoms with Crippen molar-refractivity contribution in [3.05, 3.63) is 0 Å². The van der Waals surface area contributed by atoms with Gasteiger partial charge in [-0.15, -0.1) is 0 Å². The highest BCUT2D eigenvalue weighted by Gasteiger charge is 2.16. The van der Waals surface area contributed by atoms with Crippen molar-refractivity contribution >= 4 is 11.9 Å². The molecule has 5 heteroatoms. The van der Waals surface area contributed by atoms with Crippen LogP contribution in [-0.2, 0) is 19.1 Å². The second-order valence-electron chi connectivity index (χ2n) is 14.6. The number of hydrogen-bond donors (Lipinski definition) is 1. The van der Waals surface area contributed by atoms with Crippen molar-refractivity contribution in [3.8, 4) is 0 Å². The lowest BCUT2D eigenvalue weighted by atomic mass is 10.0. The Bertz CT molecular complexity index is 634. The lowest BCUT2D eigenvalue weighted by molar-refractivity contribution is -0.161. The average molecular weight is 653 g/mol. The average Bonchev–Trinajstić information content (AvgIpc) is 3.04. The fraction of sp³-hybridized carbons (Fsp3) is 0.951. The van der Waals surface area contributed by atoms with Crippen molar-refractivity contribution in [2.45, 2.75) is 232 Å². The molecule has 1 N–H and O–H groups in total. The fourth-order valence-corrected chi connectivity index (χ4v) is 6.21. The molecule has 0 bridgehead atoms. The number of ether oxygens (including phenoxy) is 2. The van der Waals surface area contributed by atoms with Crippen LogP contribution in [0.3, 0.4) is 0 Å². The first-order chi connectivity index (χ1) is 22.5. The lowest BCUT2D eigenvalue weighted by Gasteiger charge is -2.15. The Morgan fingerprint density at radius 3 is 1.15 bits per heavy atom. The molecule has 0 fully saturated rings. The quantitative estimate of drug-likeness (QED) is 0.0534. The van der Waals surface area contributed by atoms with Crippen LogP contribution in [0.1, 0.15) is 226 Å². The molecule has 0 aliphatic heterocycles. The fourth-order valence-electron chi connectivity index (χ4n) is 6.21. The Balaban J connectivity index is 3.47. The van der Waals surface area contributed by atoms with Crippen molar-refractivity contribution in [2.24, 2.45) is 5.92 Å². The molecule has 46 heavy (non-hydrogen) atoms. The first-order valence-electron chi connectivity index (χ1n) is 20.5. The molecule has 0 radical (unpaired) electrons. The third-order valence-electron chi connectivity index (χ3n) is 9.33. The van der Waals surface area contributed by atoms with Crippen LogP contribution in [0.2, 0.25) is 0 Å². The number of hydrogen-bond acceptors (Lipinski definition) is 5. The molecule has 5 nitrogen and oxygen atoms in total. The molecular weight excluding hydrogens is 572 g/mol. The second-order valence-corrected chi connectivity index (χ2v) is 14.6. The smallest absolute Gasteiger partial charge is 0.306 e. The Morgan fingerprint density at radius 2 is 0.804 bits per heavy atom. The summed E-state index contributed by atoms with van der Waals surface area (Å²) < 4.78 is 10.6. The van der Waals surface area contributed by atoms with Crippen molar-refractivity contribution in [1.82, 2.24) is 0 Å². The van der Waals surface area contributed by atoms with Crippen LogP contribution in [0, 0.1) is 5.92 Å². The minimum Gasteiger partial charge on any atom is -0.462 e. The highest BCUT2D eigenvalue weighted by Crippen LogP contribution is 2.16. The normalized spacial score (nSPS) is 12.1. The summed E-state index contributed by atoms with van der Waals surface area (Å²) in [7, 11) is 0. The topological polar surface area (TPSA) is 72.8 Å². The van der Waals surface area contributed by atoms with Crippen LogP contribution in [-0.4, -0.2) is 36.4 Å². The van der Waals surface area contributed by atoms with Gasteiger partial charge in [0.25, 0.3) is 0 Å². The van der Waals surface area contributed by atoms with E-state index in [1.54, 1.807) is 0 Å². The van der Waals surface area contributed by atoms with Gasteiger partial charge in [-0.05, 0) is 18.8 Å². The third kappa shape index (κ3) is 35.7. The number of carbonyl (C=O) groups is 2. The summed E-state index contributed by atoms with van der Waals surface area (Å²) in [6.45, 7) is 6.52. The van der Waals surface area contributed by atoms with Gasteiger partial charge in [-0.2, -0.15) is 0 Å². The predicted molar refractivity (Wildman–Crippen MR) is 196 cm³/mol. The molecule has 0 aromatic heterocycles. The van der Waals surface area contributed by atoms with Crippen molar-refractivity contribution < 1.29 is 24.2 Å². The first-order valence-corrected chi connectivity index (χ1v) is 20.5. The molecule has 0 spiro atoms. The summed E-state index contributed by atoms with van der Waals surface area (Å²) in [5.74, 6) is 0.284. The zero-order valence-corrected chi connectivity index (χ0v) is 31.3. The Hall–Kier alpha value is -1.10. The van der Waals surface area contributed by atoms with Crippen LogP contribution in [0.4, 0.5) is 0 Å². The van der Waals surface area contributed by atoms with E-state index in [2.05, 4.69) is 20.8 Å². The van der Waals surface area contributed by atoms with E-state index in [0.29, 0.717) is 12.8 Å². The molecule has 0 amide bonds. The summed E-state index contributed by atoms with van der Waals surface area (Å²) in [6, 6.07) is 0. The molecule has 0 heterocycles. The van der Waals surface area contributed by atoms with E-state index in [9.17, 15) is 14.7 Å². The third-order valence-corrected chi connectivity index (χ3v) is 9.33. The molecular formula is C41H80O5. The predicted octanol–water partition coefficient (Wildman–Crippen LogP) is 12.6. The van der Waals surface area contributed by atoms with Gasteiger partial charge in [0, 0.05) is 12.8 Å². The number of aliphatic hydroxyl groups is 1. The monoisotopic (exact) mass is 653 g/mol. The minimum absolute atomic E-state index is 0.0574. The highest BCUT2D eigenvalue weighted by molar-refractivity contribution is 5.70. The molecule has 0 aliphatic carbocycles. The SMILES string of the molecule is CCCCCCCCCCCCCCCC(=O)O[C@@H](CO)COC(=O)CCCCCCCCCCCCCCCCCCC(C)C. The van der Waals surface area contributed by atoms with Gasteiger partial charge in [-0.1, -0.05) is 201 Å². The molecule has 0 rings (SSSR count). The molecule has 1 atom stereocenters. The van der Waals surface area contributed by atoms with Crippen LogP contribution in [0.25, 0.3) is 0 Å². The Kier molecular flexibility index (Phi) is 35.9. The van der Waals surface area contributed by atoms with E-state index < -0.39 is 6.10 Å². The highest BCUT2D eigenvalue weighted by atomic mass is 16.6. The van der Waals surface area contributed by atoms with E-state index in [1.165, 1.54) is 161 Å². The zero-order valence-electron chi connectivity index (χ0n) is 31.3. The van der Waals surface area contributed by atoms with Gasteiger partial charge < -0.3 is 14.6 Å². The van der Waals surface area contributed by atoms with Crippen LogP contribution < -0.4 is 0 Å². The van der Waals surface area contributed by atoms with Gasteiger partial charge in [-0.25, -0.2) is 0 Å². The van der Waals surface area contributed by atoms with Gasteiger partial charge in [0.2, 0.25) is 0 Å². The van der Waals surface area contributed by atoms with E-state index in [4.69, 9.17) is 9.47 Å². The summed E-state index contributed by atoms with van der Waals surface area (Å²) in [5, 5.41) is 9.55. The number of unbranched alkanes of at least 4 members (excludes halogenated alkanes) is 27. The van der Waals surface area contributed by atoms with Crippen molar-refractivity contribution in [2.75, 3.05) is 13.2 Å². The Morgan fingerprint density at radius 1 is 0.478 bits per heavy atom. The van der Waals surface area contributed by atoms with E-state index in [0.717, 1.165) is 38.0 Å². The standard InChI is InChI=1S/C41H80O5/c1-4-5-6-7-8-9-10-15-20-23-26-29-32-35-41(44)46-39(36-42)37-45-40(43)34-31-28-25-22-19-17-14-12-11-13-16-18-21-24-27-30-33-38(2)3/h38-39,42H,4-37H2,1-3H3/t39-/m0/s1. The van der Waals surface area contributed by atoms with Crippen LogP contribution in [0.5, 0.6) is 0 Å². The van der Waals surface area contributed by atoms with Gasteiger partial charge in [-0.3, -0.25) is 9.59 Å². The van der Waals surface area contributed by atoms with Gasteiger partial charge in [0.1, 0.15) is 6.61 Å². The Labute approximate surface area is 287 Å². The maximum Gasteiger partial charge on any atom is 0.306 e. The molecule has 0 saturated carbocycles. The van der Waals surface area contributed by atoms with Crippen molar-refractivity contribution in [1.29, 1.82) is 0 Å². The lowest BCUT2D eigenvalue weighted by Crippen LogP contribution is -2.28. The molecule has 0 aromatic rings. The summed E-state index contributed by atoms with van der Waals surface area (Å²) in [4.78, 5) is 24.2. The van der Waals surface area contributed by atoms with Gasteiger partial charge in [0.05, 0.1) is 6.61 Å². The second kappa shape index (κ2) is 36.7.